The molecule has 4 heterocycles. The van der Waals surface area contributed by atoms with Crippen molar-refractivity contribution in [2.45, 2.75) is 15.3 Å². The van der Waals surface area contributed by atoms with Crippen LogP contribution in [0.4, 0.5) is 5.69 Å². The third kappa shape index (κ3) is 4.39. The summed E-state index contributed by atoms with van der Waals surface area (Å²) in [5.74, 6) is -0.0173. The molecule has 0 bridgehead atoms. The third-order valence-corrected chi connectivity index (χ3v) is 8.99. The normalized spacial score (nSPS) is 18.8. The number of nitrogens with zero attached hydrogens (tertiary/aromatic N) is 3. The number of piperazine rings is 1. The maximum Gasteiger partial charge on any atom is 0.258 e. The summed E-state index contributed by atoms with van der Waals surface area (Å²) in [5, 5.41) is 3.89. The van der Waals surface area contributed by atoms with Gasteiger partial charge < -0.3 is 39.2 Å². The van der Waals surface area contributed by atoms with Crippen LogP contribution >= 0.6 is 27.7 Å². The third-order valence-electron chi connectivity index (χ3n) is 5.54. The molecule has 1 saturated heterocycles. The maximum atomic E-state index is 13.1. The lowest BCUT2D eigenvalue weighted by atomic mass is 10.3. The minimum absolute atomic E-state index is 0. The molecular weight excluding hydrogens is 629 g/mol. The molecule has 1 unspecified atom stereocenters. The van der Waals surface area contributed by atoms with Crippen LogP contribution < -0.4 is 33.9 Å². The lowest BCUT2D eigenvalue weighted by Gasteiger charge is -2.34. The fourth-order valence-corrected chi connectivity index (χ4v) is 6.85. The van der Waals surface area contributed by atoms with Gasteiger partial charge >= 0.3 is 0 Å². The van der Waals surface area contributed by atoms with E-state index in [9.17, 15) is 13.2 Å². The van der Waals surface area contributed by atoms with Gasteiger partial charge in [-0.15, -0.1) is 0 Å². The Hall–Kier alpha value is -1.35. The van der Waals surface area contributed by atoms with Crippen LogP contribution in [0.25, 0.3) is 10.9 Å². The van der Waals surface area contributed by atoms with E-state index in [2.05, 4.69) is 26.2 Å². The maximum absolute atomic E-state index is 13.1. The molecule has 12 heteroatoms. The monoisotopic (exact) mass is 649 g/mol. The number of nitrogens with one attached hydrogen (secondary N) is 2. The Bertz CT molecular complexity index is 1290. The van der Waals surface area contributed by atoms with Crippen molar-refractivity contribution < 1.29 is 41.8 Å². The highest BCUT2D eigenvalue weighted by Crippen LogP contribution is 2.38. The van der Waals surface area contributed by atoms with Crippen molar-refractivity contribution in [2.75, 3.05) is 31.5 Å². The second-order valence-electron chi connectivity index (χ2n) is 7.62. The number of amides is 1. The van der Waals surface area contributed by atoms with Crippen LogP contribution in [0.2, 0.25) is 0 Å². The summed E-state index contributed by atoms with van der Waals surface area (Å²) in [6, 6.07) is 9.21. The number of aryl methyl sites for hydroxylation is 1. The summed E-state index contributed by atoms with van der Waals surface area (Å²) in [6.45, 7) is 1.28. The average Bonchev–Trinajstić information content (AvgIpc) is 3.37. The summed E-state index contributed by atoms with van der Waals surface area (Å²) in [7, 11) is -1.71. The first-order valence-electron chi connectivity index (χ1n) is 9.81. The molecule has 8 nitrogen and oxygen atoms in total. The van der Waals surface area contributed by atoms with E-state index in [0.29, 0.717) is 13.1 Å². The number of aromatic nitrogens is 2. The molecule has 2 aliphatic heterocycles. The first-order chi connectivity index (χ1) is 14.8. The van der Waals surface area contributed by atoms with Gasteiger partial charge in [-0.3, -0.25) is 4.79 Å². The molecule has 3 aromatic rings. The number of fused-ring (bicyclic) bond motifs is 2. The van der Waals surface area contributed by atoms with Crippen molar-refractivity contribution in [1.29, 1.82) is 0 Å². The number of hydrogen-bond donors (Lipinski definition) is 2. The Morgan fingerprint density at radius 3 is 2.69 bits per heavy atom. The minimum atomic E-state index is -3.65. The SMILES string of the molecule is C[n+]1ccc2c(c1)SC(C(=O)N1CCN(S(=O)(=O)c3cc4cc(Br)ccc4[nH]3)CC1)N2.[I-]. The predicted octanol–water partition coefficient (Wildman–Crippen LogP) is -0.864. The molecule has 1 amide bonds. The predicted molar refractivity (Wildman–Crippen MR) is 122 cm³/mol. The smallest absolute Gasteiger partial charge is 0.258 e. The van der Waals surface area contributed by atoms with Gasteiger partial charge in [0.05, 0.1) is 10.6 Å². The quantitative estimate of drug-likeness (QED) is 0.285. The van der Waals surface area contributed by atoms with E-state index < -0.39 is 10.0 Å². The number of thioether (sulfide) groups is 1. The van der Waals surface area contributed by atoms with E-state index in [1.165, 1.54) is 16.1 Å². The largest absolute Gasteiger partial charge is 1.00 e. The Balaban J connectivity index is 0.00000245. The van der Waals surface area contributed by atoms with Gasteiger partial charge in [0.2, 0.25) is 0 Å². The molecule has 2 aromatic heterocycles. The van der Waals surface area contributed by atoms with Crippen LogP contribution in [0.15, 0.2) is 57.1 Å². The van der Waals surface area contributed by atoms with Crippen molar-refractivity contribution in [3.05, 3.63) is 47.2 Å². The van der Waals surface area contributed by atoms with E-state index in [1.807, 2.05) is 48.3 Å². The molecule has 2 aliphatic rings. The van der Waals surface area contributed by atoms with Crippen LogP contribution in [0.5, 0.6) is 0 Å². The number of benzene rings is 1. The van der Waals surface area contributed by atoms with Crippen LogP contribution in [0.3, 0.4) is 0 Å². The zero-order valence-electron chi connectivity index (χ0n) is 17.1. The molecule has 1 atom stereocenters. The number of pyridine rings is 1. The molecule has 0 radical (unpaired) electrons. The van der Waals surface area contributed by atoms with Crippen LogP contribution in [0, 0.1) is 0 Å². The second-order valence-corrected chi connectivity index (χ2v) is 11.6. The Labute approximate surface area is 215 Å². The summed E-state index contributed by atoms with van der Waals surface area (Å²) in [6.07, 6.45) is 3.93. The highest BCUT2D eigenvalue weighted by molar-refractivity contribution is 9.10. The number of aromatic amines is 1. The molecule has 1 fully saturated rings. The highest BCUT2D eigenvalue weighted by atomic mass is 127. The Morgan fingerprint density at radius 1 is 1.19 bits per heavy atom. The second kappa shape index (κ2) is 9.12. The molecule has 1 aromatic carbocycles. The average molecular weight is 650 g/mol. The Kier molecular flexibility index (Phi) is 6.78. The lowest BCUT2D eigenvalue weighted by Crippen LogP contribution is -3.00. The summed E-state index contributed by atoms with van der Waals surface area (Å²) in [5.41, 5.74) is 1.72. The van der Waals surface area contributed by atoms with Crippen LogP contribution in [-0.4, -0.2) is 60.1 Å². The lowest BCUT2D eigenvalue weighted by molar-refractivity contribution is -0.673. The first-order valence-corrected chi connectivity index (χ1v) is 12.9. The number of rotatable bonds is 3. The van der Waals surface area contributed by atoms with Gasteiger partial charge in [-0.05, 0) is 24.3 Å². The number of halogens is 2. The Morgan fingerprint density at radius 2 is 1.94 bits per heavy atom. The summed E-state index contributed by atoms with van der Waals surface area (Å²) >= 11 is 4.91. The van der Waals surface area contributed by atoms with E-state index >= 15 is 0 Å². The van der Waals surface area contributed by atoms with E-state index in [4.69, 9.17) is 0 Å². The number of anilines is 1. The number of hydrogen-bond acceptors (Lipinski definition) is 5. The van der Waals surface area contributed by atoms with Crippen LogP contribution in [-0.2, 0) is 21.9 Å². The van der Waals surface area contributed by atoms with E-state index in [-0.39, 0.29) is 53.4 Å². The van der Waals surface area contributed by atoms with Crippen molar-refractivity contribution in [2.24, 2.45) is 7.05 Å². The van der Waals surface area contributed by atoms with Gasteiger partial charge in [0.15, 0.2) is 17.8 Å². The molecule has 0 spiro atoms. The molecule has 2 N–H and O–H groups in total. The topological polar surface area (TPSA) is 89.4 Å². The summed E-state index contributed by atoms with van der Waals surface area (Å²) in [4.78, 5) is 18.8. The molecule has 0 aliphatic carbocycles. The van der Waals surface area contributed by atoms with Crippen molar-refractivity contribution in [3.63, 3.8) is 0 Å². The van der Waals surface area contributed by atoms with Gasteiger partial charge in [0, 0.05) is 47.6 Å². The molecule has 5 rings (SSSR count). The zero-order chi connectivity index (χ0) is 21.8. The number of carbonyl (C=O) groups excluding carboxylic acids is 1. The number of sulfonamides is 1. The molecular formula is C20H21BrIN5O3S2. The standard InChI is InChI=1S/C20H20BrN5O3S2.HI/c1-24-5-4-16-17(12-24)30-19(23-16)20(27)25-6-8-26(9-7-25)31(28,29)18-11-13-10-14(21)2-3-15(13)22-18;/h2-5,10-12,19,22H,6-9H2,1H3;1H. The fraction of sp³-hybridized carbons (Fsp3) is 0.300. The fourth-order valence-electron chi connectivity index (χ4n) is 3.86. The van der Waals surface area contributed by atoms with Crippen LogP contribution in [0.1, 0.15) is 0 Å². The number of H-pyrrole nitrogens is 1. The van der Waals surface area contributed by atoms with Gasteiger partial charge in [-0.25, -0.2) is 13.0 Å². The zero-order valence-corrected chi connectivity index (χ0v) is 22.5. The van der Waals surface area contributed by atoms with E-state index in [0.717, 1.165) is 26.0 Å². The van der Waals surface area contributed by atoms with Gasteiger partial charge in [0.25, 0.3) is 15.9 Å². The van der Waals surface area contributed by atoms with Gasteiger partial charge in [0.1, 0.15) is 12.1 Å². The van der Waals surface area contributed by atoms with Gasteiger partial charge in [-0.2, -0.15) is 4.31 Å². The minimum Gasteiger partial charge on any atom is -1.00 e. The highest BCUT2D eigenvalue weighted by Gasteiger charge is 2.36. The molecule has 0 saturated carbocycles. The molecule has 170 valence electrons. The molecule has 32 heavy (non-hydrogen) atoms. The van der Waals surface area contributed by atoms with Crippen molar-refractivity contribution in [1.82, 2.24) is 14.2 Å². The number of carbonyl (C=O) groups is 1. The van der Waals surface area contributed by atoms with E-state index in [1.54, 1.807) is 11.0 Å². The van der Waals surface area contributed by atoms with Crippen molar-refractivity contribution in [3.8, 4) is 0 Å². The summed E-state index contributed by atoms with van der Waals surface area (Å²) < 4.78 is 30.5. The van der Waals surface area contributed by atoms with Crippen molar-refractivity contribution >= 4 is 60.2 Å². The van der Waals surface area contributed by atoms with Gasteiger partial charge in [-0.1, -0.05) is 27.7 Å². The first kappa shape index (κ1) is 23.8.